The molecule has 2 rings (SSSR count). The average Bonchev–Trinajstić information content (AvgIpc) is 2.53. The Balaban J connectivity index is 1.85. The molecule has 0 spiro atoms. The average molecular weight is 327 g/mol. The van der Waals surface area contributed by atoms with E-state index in [4.69, 9.17) is 9.47 Å². The van der Waals surface area contributed by atoms with E-state index >= 15 is 0 Å². The number of nitrogens with zero attached hydrogens (tertiary/aromatic N) is 1. The topological polar surface area (TPSA) is 59.0 Å². The number of carbonyl (C=O) groups excluding carboxylic acids is 1. The van der Waals surface area contributed by atoms with Crippen LogP contribution in [-0.2, 0) is 14.3 Å². The van der Waals surface area contributed by atoms with Crippen LogP contribution in [0.25, 0.3) is 0 Å². The van der Waals surface area contributed by atoms with Crippen molar-refractivity contribution in [1.29, 1.82) is 0 Å². The lowest BCUT2D eigenvalue weighted by molar-refractivity contribution is -0.164. The van der Waals surface area contributed by atoms with Gasteiger partial charge in [-0.3, -0.25) is 4.79 Å². The molecule has 1 saturated heterocycles. The van der Waals surface area contributed by atoms with Crippen molar-refractivity contribution in [3.63, 3.8) is 0 Å². The number of rotatable bonds is 9. The summed E-state index contributed by atoms with van der Waals surface area (Å²) in [6, 6.07) is 0. The lowest BCUT2D eigenvalue weighted by Gasteiger charge is -2.46. The van der Waals surface area contributed by atoms with E-state index in [1.807, 2.05) is 0 Å². The van der Waals surface area contributed by atoms with Crippen LogP contribution in [0.4, 0.5) is 0 Å². The van der Waals surface area contributed by atoms with Crippen molar-refractivity contribution in [3.05, 3.63) is 0 Å². The molecule has 0 atom stereocenters. The van der Waals surface area contributed by atoms with E-state index in [0.717, 1.165) is 64.6 Å². The van der Waals surface area contributed by atoms with Crippen LogP contribution in [0.3, 0.4) is 0 Å². The van der Waals surface area contributed by atoms with Gasteiger partial charge in [0.15, 0.2) is 0 Å². The van der Waals surface area contributed by atoms with E-state index in [-0.39, 0.29) is 23.4 Å². The zero-order chi connectivity index (χ0) is 16.8. The highest BCUT2D eigenvalue weighted by Crippen LogP contribution is 2.44. The van der Waals surface area contributed by atoms with Crippen molar-refractivity contribution in [2.24, 2.45) is 10.8 Å². The monoisotopic (exact) mass is 327 g/mol. The van der Waals surface area contributed by atoms with E-state index in [2.05, 4.69) is 11.8 Å². The molecule has 2 aliphatic rings. The largest absolute Gasteiger partial charge is 0.465 e. The van der Waals surface area contributed by atoms with Crippen molar-refractivity contribution >= 4 is 5.97 Å². The number of aliphatic hydroxyl groups is 1. The second kappa shape index (κ2) is 8.45. The Kier molecular flexibility index (Phi) is 6.86. The van der Waals surface area contributed by atoms with Crippen molar-refractivity contribution in [2.45, 2.75) is 51.9 Å². The number of likely N-dealkylation sites (tertiary alicyclic amines) is 1. The number of hydrogen-bond donors (Lipinski definition) is 1. The molecule has 0 unspecified atom stereocenters. The second-order valence-corrected chi connectivity index (χ2v) is 7.49. The van der Waals surface area contributed by atoms with Gasteiger partial charge in [0, 0.05) is 19.1 Å². The van der Waals surface area contributed by atoms with Gasteiger partial charge in [0.25, 0.3) is 0 Å². The van der Waals surface area contributed by atoms with E-state index in [1.165, 1.54) is 0 Å². The quantitative estimate of drug-likeness (QED) is 0.520. The maximum absolute atomic E-state index is 12.5. The van der Waals surface area contributed by atoms with Gasteiger partial charge in [-0.1, -0.05) is 19.8 Å². The van der Waals surface area contributed by atoms with Gasteiger partial charge < -0.3 is 19.5 Å². The molecule has 0 amide bonds. The van der Waals surface area contributed by atoms with Gasteiger partial charge in [0.05, 0.1) is 25.2 Å². The third-order valence-electron chi connectivity index (χ3n) is 5.70. The first-order chi connectivity index (χ1) is 11.1. The van der Waals surface area contributed by atoms with Gasteiger partial charge in [0.2, 0.25) is 0 Å². The Morgan fingerprint density at radius 2 is 1.91 bits per heavy atom. The normalized spacial score (nSPS) is 23.3. The summed E-state index contributed by atoms with van der Waals surface area (Å²) < 4.78 is 10.8. The lowest BCUT2D eigenvalue weighted by atomic mass is 9.68. The minimum Gasteiger partial charge on any atom is -0.465 e. The van der Waals surface area contributed by atoms with E-state index in [1.54, 1.807) is 7.11 Å². The summed E-state index contributed by atoms with van der Waals surface area (Å²) in [6.45, 7) is 6.11. The summed E-state index contributed by atoms with van der Waals surface area (Å²) in [5.74, 6) is 0.00749. The van der Waals surface area contributed by atoms with Crippen LogP contribution in [0.1, 0.15) is 51.9 Å². The van der Waals surface area contributed by atoms with Gasteiger partial charge >= 0.3 is 5.97 Å². The van der Waals surface area contributed by atoms with Gasteiger partial charge in [-0.05, 0) is 45.2 Å². The van der Waals surface area contributed by atoms with Crippen LogP contribution in [-0.4, -0.2) is 62.5 Å². The third kappa shape index (κ3) is 4.46. The number of ether oxygens (including phenoxy) is 2. The number of piperidine rings is 1. The van der Waals surface area contributed by atoms with Crippen LogP contribution in [0.15, 0.2) is 0 Å². The summed E-state index contributed by atoms with van der Waals surface area (Å²) in [4.78, 5) is 14.9. The maximum atomic E-state index is 12.5. The first kappa shape index (κ1) is 18.7. The smallest absolute Gasteiger partial charge is 0.313 e. The summed E-state index contributed by atoms with van der Waals surface area (Å²) in [6.07, 6.45) is 6.89. The zero-order valence-electron chi connectivity index (χ0n) is 14.8. The number of carbonyl (C=O) groups is 1. The number of esters is 1. The summed E-state index contributed by atoms with van der Waals surface area (Å²) in [5.41, 5.74) is -0.367. The summed E-state index contributed by atoms with van der Waals surface area (Å²) >= 11 is 0. The molecule has 5 nitrogen and oxygen atoms in total. The third-order valence-corrected chi connectivity index (χ3v) is 5.70. The number of unbranched alkanes of at least 4 members (excludes halogenated alkanes) is 1. The van der Waals surface area contributed by atoms with Crippen molar-refractivity contribution in [3.8, 4) is 0 Å². The molecule has 0 aromatic carbocycles. The molecule has 0 bridgehead atoms. The SMILES string of the molecule is CCCCOC(=O)C1(CN2CCC(CO)(COC)CC2)CCC1. The predicted molar refractivity (Wildman–Crippen MR) is 89.2 cm³/mol. The highest BCUT2D eigenvalue weighted by molar-refractivity contribution is 5.78. The maximum Gasteiger partial charge on any atom is 0.313 e. The molecule has 0 aromatic rings. The Morgan fingerprint density at radius 3 is 2.39 bits per heavy atom. The minimum absolute atomic E-state index is 0.00749. The molecule has 1 saturated carbocycles. The molecule has 1 heterocycles. The molecule has 1 N–H and O–H groups in total. The minimum atomic E-state index is -0.270. The Hall–Kier alpha value is -0.650. The number of aliphatic hydroxyl groups excluding tert-OH is 1. The molecule has 23 heavy (non-hydrogen) atoms. The first-order valence-corrected chi connectivity index (χ1v) is 9.09. The van der Waals surface area contributed by atoms with Gasteiger partial charge in [-0.15, -0.1) is 0 Å². The van der Waals surface area contributed by atoms with Crippen LogP contribution in [0.2, 0.25) is 0 Å². The van der Waals surface area contributed by atoms with Crippen LogP contribution in [0, 0.1) is 10.8 Å². The highest BCUT2D eigenvalue weighted by atomic mass is 16.5. The highest BCUT2D eigenvalue weighted by Gasteiger charge is 2.47. The Morgan fingerprint density at radius 1 is 1.22 bits per heavy atom. The molecule has 2 fully saturated rings. The number of hydrogen-bond acceptors (Lipinski definition) is 5. The second-order valence-electron chi connectivity index (χ2n) is 7.49. The van der Waals surface area contributed by atoms with Gasteiger partial charge in [0.1, 0.15) is 0 Å². The fraction of sp³-hybridized carbons (Fsp3) is 0.944. The standard InChI is InChI=1S/C18H33NO4/c1-3-4-12-23-16(21)18(6-5-7-18)13-19-10-8-17(14-20,9-11-19)15-22-2/h20H,3-15H2,1-2H3. The molecule has 5 heteroatoms. The fourth-order valence-corrected chi connectivity index (χ4v) is 3.76. The van der Waals surface area contributed by atoms with Crippen LogP contribution in [0.5, 0.6) is 0 Å². The summed E-state index contributed by atoms with van der Waals surface area (Å²) in [7, 11) is 1.69. The van der Waals surface area contributed by atoms with Crippen molar-refractivity contribution in [2.75, 3.05) is 46.6 Å². The van der Waals surface area contributed by atoms with Crippen molar-refractivity contribution in [1.82, 2.24) is 4.90 Å². The van der Waals surface area contributed by atoms with Gasteiger partial charge in [-0.2, -0.15) is 0 Å². The van der Waals surface area contributed by atoms with E-state index in [9.17, 15) is 9.90 Å². The van der Waals surface area contributed by atoms with Crippen molar-refractivity contribution < 1.29 is 19.4 Å². The van der Waals surface area contributed by atoms with Gasteiger partial charge in [-0.25, -0.2) is 0 Å². The Labute approximate surface area is 140 Å². The van der Waals surface area contributed by atoms with Crippen LogP contribution < -0.4 is 0 Å². The summed E-state index contributed by atoms with van der Waals surface area (Å²) in [5, 5.41) is 9.68. The Bertz CT molecular complexity index is 373. The molecular formula is C18H33NO4. The first-order valence-electron chi connectivity index (χ1n) is 9.09. The number of methoxy groups -OCH3 is 1. The van der Waals surface area contributed by atoms with Crippen LogP contribution >= 0.6 is 0 Å². The fourth-order valence-electron chi connectivity index (χ4n) is 3.76. The molecule has 1 aliphatic carbocycles. The molecule has 0 aromatic heterocycles. The van der Waals surface area contributed by atoms with E-state index in [0.29, 0.717) is 13.2 Å². The molecule has 0 radical (unpaired) electrons. The molecular weight excluding hydrogens is 294 g/mol. The lowest BCUT2D eigenvalue weighted by Crippen LogP contribution is -2.52. The molecule has 134 valence electrons. The molecule has 1 aliphatic heterocycles. The zero-order valence-corrected chi connectivity index (χ0v) is 14.8. The predicted octanol–water partition coefficient (Wildman–Crippen LogP) is 2.22. The van der Waals surface area contributed by atoms with E-state index < -0.39 is 0 Å².